The van der Waals surface area contributed by atoms with Gasteiger partial charge in [0.15, 0.2) is 0 Å². The minimum absolute atomic E-state index is 0.466. The molecule has 0 aliphatic rings. The summed E-state index contributed by atoms with van der Waals surface area (Å²) >= 11 is 0. The summed E-state index contributed by atoms with van der Waals surface area (Å²) in [6.45, 7) is 2.22. The van der Waals surface area contributed by atoms with Crippen molar-refractivity contribution in [2.75, 3.05) is 0 Å². The van der Waals surface area contributed by atoms with E-state index in [1.54, 1.807) is 0 Å². The van der Waals surface area contributed by atoms with E-state index in [0.29, 0.717) is 6.92 Å². The molecule has 0 bridgehead atoms. The average molecular weight is 197 g/mol. The van der Waals surface area contributed by atoms with Crippen LogP contribution in [-0.4, -0.2) is 12.2 Å². The Morgan fingerprint density at radius 3 is 2.15 bits per heavy atom. The quantitative estimate of drug-likeness (QED) is 0.534. The van der Waals surface area contributed by atoms with E-state index in [4.69, 9.17) is 5.73 Å². The van der Waals surface area contributed by atoms with E-state index in [9.17, 15) is 17.6 Å². The molecule has 0 aromatic carbocycles. The van der Waals surface area contributed by atoms with Crippen LogP contribution >= 0.6 is 0 Å². The van der Waals surface area contributed by atoms with Gasteiger partial charge in [0.05, 0.1) is 5.57 Å². The molecule has 0 saturated heterocycles. The van der Waals surface area contributed by atoms with E-state index in [0.717, 1.165) is 12.2 Å². The molecule has 0 amide bonds. The Morgan fingerprint density at radius 1 is 1.38 bits per heavy atom. The highest BCUT2D eigenvalue weighted by Gasteiger charge is 2.32. The van der Waals surface area contributed by atoms with Crippen LogP contribution < -0.4 is 5.73 Å². The summed E-state index contributed by atoms with van der Waals surface area (Å²) in [6.07, 6.45) is -2.73. The maximum Gasteiger partial charge on any atom is 0.415 e. The minimum atomic E-state index is -4.62. The van der Waals surface area contributed by atoms with Crippen molar-refractivity contribution in [1.82, 2.24) is 0 Å². The monoisotopic (exact) mass is 197 g/mol. The van der Waals surface area contributed by atoms with E-state index >= 15 is 0 Å². The molecule has 0 spiro atoms. The lowest BCUT2D eigenvalue weighted by Gasteiger charge is -2.06. The molecule has 0 fully saturated rings. The summed E-state index contributed by atoms with van der Waals surface area (Å²) in [4.78, 5) is 0. The van der Waals surface area contributed by atoms with Crippen LogP contribution in [0.25, 0.3) is 0 Å². The molecule has 0 aromatic rings. The molecule has 0 rings (SSSR count). The number of alkyl halides is 3. The first-order valence-corrected chi connectivity index (χ1v) is 3.62. The van der Waals surface area contributed by atoms with Crippen LogP contribution in [0.15, 0.2) is 23.6 Å². The smallest absolute Gasteiger partial charge is 0.325 e. The molecular weight excluding hydrogens is 186 g/mol. The Kier molecular flexibility index (Phi) is 4.13. The number of allylic oxidation sites excluding steroid dienone is 3. The van der Waals surface area contributed by atoms with Crippen molar-refractivity contribution in [2.24, 2.45) is 5.73 Å². The van der Waals surface area contributed by atoms with Crippen molar-refractivity contribution in [3.05, 3.63) is 23.6 Å². The number of hydrogen-bond acceptors (Lipinski definition) is 1. The molecule has 1 unspecified atom stereocenters. The Labute approximate surface area is 73.9 Å². The van der Waals surface area contributed by atoms with Crippen molar-refractivity contribution in [2.45, 2.75) is 26.1 Å². The predicted molar refractivity (Wildman–Crippen MR) is 42.7 cm³/mol. The van der Waals surface area contributed by atoms with Crippen molar-refractivity contribution in [3.8, 4) is 0 Å². The normalized spacial score (nSPS) is 17.5. The highest BCUT2D eigenvalue weighted by molar-refractivity contribution is 5.22. The van der Waals surface area contributed by atoms with Crippen LogP contribution in [0.1, 0.15) is 13.8 Å². The lowest BCUT2D eigenvalue weighted by atomic mass is 10.2. The van der Waals surface area contributed by atoms with Crippen molar-refractivity contribution < 1.29 is 17.6 Å². The third kappa shape index (κ3) is 4.67. The van der Waals surface area contributed by atoms with Gasteiger partial charge in [-0.1, -0.05) is 6.08 Å². The van der Waals surface area contributed by atoms with Gasteiger partial charge in [-0.15, -0.1) is 0 Å². The van der Waals surface area contributed by atoms with Gasteiger partial charge in [0, 0.05) is 6.04 Å². The number of halogens is 4. The van der Waals surface area contributed by atoms with E-state index in [2.05, 4.69) is 0 Å². The third-order valence-electron chi connectivity index (χ3n) is 1.33. The maximum atomic E-state index is 12.7. The molecule has 0 heterocycles. The molecule has 0 aromatic heterocycles. The van der Waals surface area contributed by atoms with Gasteiger partial charge in [-0.25, -0.2) is 4.39 Å². The van der Waals surface area contributed by atoms with Crippen molar-refractivity contribution in [3.63, 3.8) is 0 Å². The molecule has 2 N–H and O–H groups in total. The van der Waals surface area contributed by atoms with Crippen molar-refractivity contribution in [1.29, 1.82) is 0 Å². The van der Waals surface area contributed by atoms with Crippen LogP contribution in [0.3, 0.4) is 0 Å². The SMILES string of the molecule is CC(=C(F)C=CC(C)N)C(F)(F)F. The van der Waals surface area contributed by atoms with Crippen LogP contribution in [0.4, 0.5) is 17.6 Å². The topological polar surface area (TPSA) is 26.0 Å². The van der Waals surface area contributed by atoms with E-state index in [-0.39, 0.29) is 0 Å². The Morgan fingerprint density at radius 2 is 1.85 bits per heavy atom. The van der Waals surface area contributed by atoms with Gasteiger partial charge in [0.25, 0.3) is 0 Å². The predicted octanol–water partition coefficient (Wildman–Crippen LogP) is 2.70. The molecule has 76 valence electrons. The molecule has 1 nitrogen and oxygen atoms in total. The second kappa shape index (κ2) is 4.41. The van der Waals surface area contributed by atoms with E-state index in [1.165, 1.54) is 6.92 Å². The molecular formula is C8H11F4N. The summed E-state index contributed by atoms with van der Waals surface area (Å²) in [5, 5.41) is 0. The van der Waals surface area contributed by atoms with Crippen LogP contribution in [0.2, 0.25) is 0 Å². The van der Waals surface area contributed by atoms with Gasteiger partial charge in [0.1, 0.15) is 5.83 Å². The zero-order valence-corrected chi connectivity index (χ0v) is 7.32. The number of nitrogens with two attached hydrogens (primary N) is 1. The van der Waals surface area contributed by atoms with Gasteiger partial charge in [-0.3, -0.25) is 0 Å². The summed E-state index contributed by atoms with van der Waals surface area (Å²) < 4.78 is 48.3. The molecule has 13 heavy (non-hydrogen) atoms. The van der Waals surface area contributed by atoms with Gasteiger partial charge in [-0.05, 0) is 19.9 Å². The summed E-state index contributed by atoms with van der Waals surface area (Å²) in [7, 11) is 0. The highest BCUT2D eigenvalue weighted by Crippen LogP contribution is 2.28. The standard InChI is InChI=1S/C8H11F4N/c1-5(13)3-4-7(9)6(2)8(10,11)12/h3-5H,13H2,1-2H3. The van der Waals surface area contributed by atoms with Gasteiger partial charge < -0.3 is 5.73 Å². The number of rotatable bonds is 2. The lowest BCUT2D eigenvalue weighted by Crippen LogP contribution is -2.12. The van der Waals surface area contributed by atoms with Gasteiger partial charge >= 0.3 is 6.18 Å². The fourth-order valence-corrected chi connectivity index (χ4v) is 0.497. The second-order valence-electron chi connectivity index (χ2n) is 2.69. The Hall–Kier alpha value is -0.840. The Balaban J connectivity index is 4.64. The number of hydrogen-bond donors (Lipinski definition) is 1. The van der Waals surface area contributed by atoms with Gasteiger partial charge in [-0.2, -0.15) is 13.2 Å². The van der Waals surface area contributed by atoms with E-state index < -0.39 is 23.6 Å². The van der Waals surface area contributed by atoms with Crippen LogP contribution in [-0.2, 0) is 0 Å². The lowest BCUT2D eigenvalue weighted by molar-refractivity contribution is -0.0929. The molecule has 5 heteroatoms. The van der Waals surface area contributed by atoms with Crippen LogP contribution in [0, 0.1) is 0 Å². The Bertz CT molecular complexity index is 225. The molecule has 1 atom stereocenters. The zero-order valence-electron chi connectivity index (χ0n) is 7.32. The first-order valence-electron chi connectivity index (χ1n) is 3.62. The second-order valence-corrected chi connectivity index (χ2v) is 2.69. The fourth-order valence-electron chi connectivity index (χ4n) is 0.497. The van der Waals surface area contributed by atoms with Crippen molar-refractivity contribution >= 4 is 0 Å². The molecule has 0 saturated carbocycles. The van der Waals surface area contributed by atoms with Gasteiger partial charge in [0.2, 0.25) is 0 Å². The van der Waals surface area contributed by atoms with Crippen LogP contribution in [0.5, 0.6) is 0 Å². The molecule has 0 aliphatic heterocycles. The fraction of sp³-hybridized carbons (Fsp3) is 0.500. The highest BCUT2D eigenvalue weighted by atomic mass is 19.4. The summed E-state index contributed by atoms with van der Waals surface area (Å²) in [5.41, 5.74) is 3.95. The maximum absolute atomic E-state index is 12.7. The first kappa shape index (κ1) is 12.2. The summed E-state index contributed by atoms with van der Waals surface area (Å²) in [5.74, 6) is -1.30. The van der Waals surface area contributed by atoms with E-state index in [1.807, 2.05) is 0 Å². The molecule has 0 aliphatic carbocycles. The average Bonchev–Trinajstić information content (AvgIpc) is 1.96. The minimum Gasteiger partial charge on any atom is -0.325 e. The first-order chi connectivity index (χ1) is 5.75. The summed E-state index contributed by atoms with van der Waals surface area (Å²) in [6, 6.07) is -0.466. The zero-order chi connectivity index (χ0) is 10.6. The third-order valence-corrected chi connectivity index (χ3v) is 1.33. The largest absolute Gasteiger partial charge is 0.415 e. The molecule has 0 radical (unpaired) electrons.